The average Bonchev–Trinajstić information content (AvgIpc) is 2.01. The van der Waals surface area contributed by atoms with Gasteiger partial charge in [-0.05, 0) is 0 Å². The summed E-state index contributed by atoms with van der Waals surface area (Å²) in [6.07, 6.45) is -6.66. The summed E-state index contributed by atoms with van der Waals surface area (Å²) in [4.78, 5) is 0. The summed E-state index contributed by atoms with van der Waals surface area (Å²) in [6.45, 7) is 2.55. The Morgan fingerprint density at radius 2 is 1.38 bits per heavy atom. The Morgan fingerprint density at radius 1 is 1.00 bits per heavy atom. The molecule has 0 aliphatic heterocycles. The highest BCUT2D eigenvalue weighted by Crippen LogP contribution is 2.48. The van der Waals surface area contributed by atoms with Crippen LogP contribution in [0, 0.1) is 0 Å². The summed E-state index contributed by atoms with van der Waals surface area (Å²) in [5.74, 6) is -6.71. The highest BCUT2D eigenvalue weighted by molar-refractivity contribution is 7.90. The van der Waals surface area contributed by atoms with Crippen molar-refractivity contribution in [3.8, 4) is 0 Å². The monoisotopic (exact) mass is 275 g/mol. The quantitative estimate of drug-likeness (QED) is 0.796. The van der Waals surface area contributed by atoms with Crippen LogP contribution in [0.2, 0.25) is 0 Å². The zero-order valence-electron chi connectivity index (χ0n) is 7.15. The van der Waals surface area contributed by atoms with Gasteiger partial charge in [0.2, 0.25) is 0 Å². The molecule has 0 aromatic carbocycles. The number of halogens is 7. The molecule has 11 heteroatoms. The molecule has 0 atom stereocenters. The molecule has 0 aliphatic rings. The van der Waals surface area contributed by atoms with Crippen LogP contribution < -0.4 is 4.72 Å². The Labute approximate surface area is 85.0 Å². The van der Waals surface area contributed by atoms with Crippen LogP contribution in [0.1, 0.15) is 0 Å². The third-order valence-corrected chi connectivity index (χ3v) is 2.71. The van der Waals surface area contributed by atoms with Crippen LogP contribution in [0.15, 0.2) is 12.8 Å². The molecule has 0 amide bonds. The fourth-order valence-corrected chi connectivity index (χ4v) is 1.34. The van der Waals surface area contributed by atoms with Gasteiger partial charge in [0.1, 0.15) is 0 Å². The van der Waals surface area contributed by atoms with Crippen LogP contribution in [-0.4, -0.2) is 25.8 Å². The van der Waals surface area contributed by atoms with Crippen molar-refractivity contribution in [1.82, 2.24) is 4.72 Å². The van der Waals surface area contributed by atoms with Crippen LogP contribution >= 0.6 is 0 Å². The van der Waals surface area contributed by atoms with Crippen LogP contribution in [-0.2, 0) is 10.0 Å². The lowest BCUT2D eigenvalue weighted by Crippen LogP contribution is -2.58. The van der Waals surface area contributed by atoms with Crippen molar-refractivity contribution < 1.29 is 39.2 Å². The molecule has 0 saturated carbocycles. The first-order chi connectivity index (χ1) is 6.81. The minimum absolute atomic E-state index is 0.0374. The second kappa shape index (κ2) is 3.79. The second-order valence-corrected chi connectivity index (χ2v) is 4.17. The van der Waals surface area contributed by atoms with E-state index >= 15 is 0 Å². The molecule has 0 fully saturated rings. The summed E-state index contributed by atoms with van der Waals surface area (Å²) in [5.41, 5.74) is 0. The lowest BCUT2D eigenvalue weighted by atomic mass is 10.3. The third kappa shape index (κ3) is 2.08. The molecule has 96 valence electrons. The lowest BCUT2D eigenvalue weighted by molar-refractivity contribution is -0.332. The molecule has 0 spiro atoms. The summed E-state index contributed by atoms with van der Waals surface area (Å²) < 4.78 is 106. The highest BCUT2D eigenvalue weighted by Gasteiger charge is 2.78. The molecule has 1 N–H and O–H groups in total. The second-order valence-electron chi connectivity index (χ2n) is 2.41. The van der Waals surface area contributed by atoms with Crippen molar-refractivity contribution in [3.05, 3.63) is 12.8 Å². The van der Waals surface area contributed by atoms with E-state index < -0.39 is 27.4 Å². The molecule has 0 saturated heterocycles. The Kier molecular flexibility index (Phi) is 3.55. The van der Waals surface area contributed by atoms with Gasteiger partial charge < -0.3 is 0 Å². The fourth-order valence-electron chi connectivity index (χ4n) is 0.517. The van der Waals surface area contributed by atoms with Crippen molar-refractivity contribution in [2.75, 3.05) is 0 Å². The number of hydrogen-bond donors (Lipinski definition) is 1. The van der Waals surface area contributed by atoms with Gasteiger partial charge in [0.15, 0.2) is 0 Å². The Morgan fingerprint density at radius 3 is 1.62 bits per heavy atom. The number of sulfonamides is 1. The van der Waals surface area contributed by atoms with Crippen molar-refractivity contribution in [2.45, 2.75) is 17.4 Å². The minimum Gasteiger partial charge on any atom is -0.286 e. The first-order valence-electron chi connectivity index (χ1n) is 3.26. The zero-order chi connectivity index (χ0) is 13.4. The normalized spacial score (nSPS) is 14.7. The lowest BCUT2D eigenvalue weighted by Gasteiger charge is -2.27. The van der Waals surface area contributed by atoms with Crippen LogP contribution in [0.3, 0.4) is 0 Å². The van der Waals surface area contributed by atoms with Crippen molar-refractivity contribution in [3.63, 3.8) is 0 Å². The van der Waals surface area contributed by atoms with Gasteiger partial charge in [-0.2, -0.15) is 39.2 Å². The van der Waals surface area contributed by atoms with Gasteiger partial charge in [-0.15, -0.1) is 0 Å². The van der Waals surface area contributed by atoms with E-state index in [2.05, 4.69) is 6.58 Å². The van der Waals surface area contributed by atoms with Crippen molar-refractivity contribution >= 4 is 10.0 Å². The smallest absolute Gasteiger partial charge is 0.286 e. The summed E-state index contributed by atoms with van der Waals surface area (Å²) in [7, 11) is -6.22. The molecule has 0 aliphatic carbocycles. The van der Waals surface area contributed by atoms with Crippen molar-refractivity contribution in [2.24, 2.45) is 0 Å². The molecule has 0 aromatic rings. The first-order valence-corrected chi connectivity index (χ1v) is 4.74. The van der Waals surface area contributed by atoms with Gasteiger partial charge in [-0.25, -0.2) is 0 Å². The Hall–Kier alpha value is -1.00. The predicted molar refractivity (Wildman–Crippen MR) is 38.2 cm³/mol. The molecule has 0 rings (SSSR count). The van der Waals surface area contributed by atoms with E-state index in [0.29, 0.717) is 4.72 Å². The average molecular weight is 275 g/mol. The number of nitrogens with one attached hydrogen (secondary N) is 1. The van der Waals surface area contributed by atoms with Crippen molar-refractivity contribution in [1.29, 1.82) is 0 Å². The molecule has 0 unspecified atom stereocenters. The van der Waals surface area contributed by atoms with Gasteiger partial charge in [-0.1, -0.05) is 6.58 Å². The highest BCUT2D eigenvalue weighted by atomic mass is 32.2. The molecule has 0 aromatic heterocycles. The van der Waals surface area contributed by atoms with E-state index in [0.717, 1.165) is 0 Å². The van der Waals surface area contributed by atoms with E-state index in [9.17, 15) is 39.2 Å². The third-order valence-electron chi connectivity index (χ3n) is 1.30. The van der Waals surface area contributed by atoms with Gasteiger partial charge in [0, 0.05) is 6.20 Å². The van der Waals surface area contributed by atoms with Gasteiger partial charge in [0.25, 0.3) is 0 Å². The predicted octanol–water partition coefficient (Wildman–Crippen LogP) is 1.84. The summed E-state index contributed by atoms with van der Waals surface area (Å²) in [6, 6.07) is 0. The van der Waals surface area contributed by atoms with E-state index in [1.165, 1.54) is 0 Å². The largest absolute Gasteiger partial charge is 0.461 e. The first kappa shape index (κ1) is 15.0. The zero-order valence-corrected chi connectivity index (χ0v) is 7.97. The number of rotatable bonds is 4. The fraction of sp³-hybridized carbons (Fsp3) is 0.600. The van der Waals surface area contributed by atoms with E-state index in [1.54, 1.807) is 0 Å². The molecule has 3 nitrogen and oxygen atoms in total. The van der Waals surface area contributed by atoms with Crippen LogP contribution in [0.4, 0.5) is 30.7 Å². The number of hydrogen-bond acceptors (Lipinski definition) is 2. The van der Waals surface area contributed by atoms with E-state index in [1.807, 2.05) is 0 Å². The summed E-state index contributed by atoms with van der Waals surface area (Å²) in [5, 5.41) is -6.34. The maximum absolute atomic E-state index is 12.5. The maximum Gasteiger partial charge on any atom is 0.461 e. The molecule has 0 bridgehead atoms. The topological polar surface area (TPSA) is 46.2 Å². The molecule has 0 heterocycles. The number of alkyl halides is 7. The minimum atomic E-state index is -6.71. The molecular formula is C5H4F7NO2S. The van der Waals surface area contributed by atoms with Gasteiger partial charge in [-0.3, -0.25) is 4.72 Å². The standard InChI is InChI=1S/C5H4F7NO2S/c1-2-13-16(14,15)5(11,12)3(6,7)4(8,9)10/h2,13H,1H2. The van der Waals surface area contributed by atoms with Gasteiger partial charge in [0.05, 0.1) is 0 Å². The maximum atomic E-state index is 12.5. The van der Waals surface area contributed by atoms with E-state index in [4.69, 9.17) is 0 Å². The summed E-state index contributed by atoms with van der Waals surface area (Å²) >= 11 is 0. The molecular weight excluding hydrogens is 271 g/mol. The SMILES string of the molecule is C=CNS(=O)(=O)C(F)(F)C(F)(F)C(F)(F)F. The Balaban J connectivity index is 5.62. The molecule has 0 radical (unpaired) electrons. The van der Waals surface area contributed by atoms with Crippen LogP contribution in [0.5, 0.6) is 0 Å². The van der Waals surface area contributed by atoms with Gasteiger partial charge >= 0.3 is 27.4 Å². The Bertz CT molecular complexity index is 371. The van der Waals surface area contributed by atoms with E-state index in [-0.39, 0.29) is 6.20 Å². The van der Waals surface area contributed by atoms with Crippen LogP contribution in [0.25, 0.3) is 0 Å². The molecule has 16 heavy (non-hydrogen) atoms.